The van der Waals surface area contributed by atoms with Crippen molar-refractivity contribution in [3.63, 3.8) is 0 Å². The number of aliphatic hydroxyl groups is 1. The molecule has 1 unspecified atom stereocenters. The second-order valence-corrected chi connectivity index (χ2v) is 7.84. The van der Waals surface area contributed by atoms with Crippen LogP contribution in [0, 0.1) is 0 Å². The number of thioether (sulfide) groups is 1. The Labute approximate surface area is 168 Å². The highest BCUT2D eigenvalue weighted by atomic mass is 35.5. The molecule has 0 aromatic heterocycles. The van der Waals surface area contributed by atoms with Gasteiger partial charge in [0.25, 0.3) is 0 Å². The van der Waals surface area contributed by atoms with E-state index in [-0.39, 0.29) is 12.4 Å². The number of hydrogen-bond acceptors (Lipinski definition) is 3. The molecule has 1 aliphatic rings. The van der Waals surface area contributed by atoms with Crippen LogP contribution < -0.4 is 0 Å². The quantitative estimate of drug-likeness (QED) is 0.645. The third-order valence-electron chi connectivity index (χ3n) is 5.28. The summed E-state index contributed by atoms with van der Waals surface area (Å²) in [6, 6.07) is 18.5. The van der Waals surface area contributed by atoms with Crippen molar-refractivity contribution in [1.29, 1.82) is 0 Å². The topological polar surface area (TPSA) is 23.5 Å². The van der Waals surface area contributed by atoms with E-state index in [1.54, 1.807) is 11.8 Å². The van der Waals surface area contributed by atoms with Crippen LogP contribution in [0.25, 0.3) is 0 Å². The van der Waals surface area contributed by atoms with Crippen LogP contribution in [-0.2, 0) is 5.60 Å². The average molecular weight is 392 g/mol. The Hall–Kier alpha value is -1.00. The number of likely N-dealkylation sites (tertiary alicyclic amines) is 1. The van der Waals surface area contributed by atoms with Crippen molar-refractivity contribution in [2.75, 3.05) is 25.9 Å². The molecule has 4 heteroatoms. The monoisotopic (exact) mass is 391 g/mol. The van der Waals surface area contributed by atoms with Gasteiger partial charge >= 0.3 is 0 Å². The zero-order chi connectivity index (χ0) is 17.5. The Balaban J connectivity index is 0.00000243. The lowest BCUT2D eigenvalue weighted by Crippen LogP contribution is -2.33. The van der Waals surface area contributed by atoms with Gasteiger partial charge in [-0.1, -0.05) is 48.9 Å². The van der Waals surface area contributed by atoms with E-state index < -0.39 is 5.60 Å². The van der Waals surface area contributed by atoms with Gasteiger partial charge in [0.2, 0.25) is 0 Å². The fourth-order valence-corrected chi connectivity index (χ4v) is 4.19. The first-order valence-corrected chi connectivity index (χ1v) is 10.6. The van der Waals surface area contributed by atoms with Crippen molar-refractivity contribution >= 4 is 24.2 Å². The number of hydrogen-bond donors (Lipinski definition) is 1. The number of nitrogens with zero attached hydrogens (tertiary/aromatic N) is 1. The summed E-state index contributed by atoms with van der Waals surface area (Å²) in [5, 5.41) is 11.6. The van der Waals surface area contributed by atoms with Gasteiger partial charge in [0.15, 0.2) is 0 Å². The summed E-state index contributed by atoms with van der Waals surface area (Å²) in [7, 11) is 0. The maximum atomic E-state index is 11.6. The first kappa shape index (κ1) is 21.3. The predicted octanol–water partition coefficient (Wildman–Crippen LogP) is 5.33. The number of benzene rings is 2. The van der Waals surface area contributed by atoms with Crippen molar-refractivity contribution < 1.29 is 5.11 Å². The largest absolute Gasteiger partial charge is 0.380 e. The van der Waals surface area contributed by atoms with Gasteiger partial charge in [-0.25, -0.2) is 0 Å². The summed E-state index contributed by atoms with van der Waals surface area (Å²) >= 11 is 1.73. The summed E-state index contributed by atoms with van der Waals surface area (Å²) in [6.07, 6.45) is 7.85. The van der Waals surface area contributed by atoms with Crippen molar-refractivity contribution in [2.24, 2.45) is 0 Å². The molecule has 1 atom stereocenters. The van der Waals surface area contributed by atoms with Crippen LogP contribution in [0.4, 0.5) is 0 Å². The predicted molar refractivity (Wildman–Crippen MR) is 114 cm³/mol. The highest BCUT2D eigenvalue weighted by Crippen LogP contribution is 2.35. The molecule has 1 heterocycles. The van der Waals surface area contributed by atoms with E-state index >= 15 is 0 Å². The number of rotatable bonds is 7. The van der Waals surface area contributed by atoms with Gasteiger partial charge in [0, 0.05) is 4.90 Å². The van der Waals surface area contributed by atoms with Crippen LogP contribution in [0.5, 0.6) is 0 Å². The zero-order valence-corrected chi connectivity index (χ0v) is 17.2. The van der Waals surface area contributed by atoms with Gasteiger partial charge in [-0.3, -0.25) is 0 Å². The Bertz CT molecular complexity index is 643. The van der Waals surface area contributed by atoms with E-state index in [4.69, 9.17) is 0 Å². The number of piperidine rings is 1. The molecular weight excluding hydrogens is 362 g/mol. The van der Waals surface area contributed by atoms with Crippen LogP contribution in [0.3, 0.4) is 0 Å². The Morgan fingerprint density at radius 2 is 1.54 bits per heavy atom. The van der Waals surface area contributed by atoms with Crippen LogP contribution in [0.15, 0.2) is 59.5 Å². The molecule has 0 amide bonds. The molecule has 26 heavy (non-hydrogen) atoms. The SMILES string of the molecule is CSc1ccc(C(O)(CCCN2CCCCC2)c2ccccc2)cc1.Cl. The van der Waals surface area contributed by atoms with Crippen LogP contribution in [0.1, 0.15) is 43.2 Å². The summed E-state index contributed by atoms with van der Waals surface area (Å²) in [6.45, 7) is 3.51. The summed E-state index contributed by atoms with van der Waals surface area (Å²) < 4.78 is 0. The molecule has 1 fully saturated rings. The Morgan fingerprint density at radius 3 is 2.15 bits per heavy atom. The highest BCUT2D eigenvalue weighted by molar-refractivity contribution is 7.98. The molecule has 0 radical (unpaired) electrons. The van der Waals surface area contributed by atoms with Gasteiger partial charge in [-0.05, 0) is 74.8 Å². The molecular formula is C22H30ClNOS. The molecule has 0 spiro atoms. The fourth-order valence-electron chi connectivity index (χ4n) is 3.78. The zero-order valence-electron chi connectivity index (χ0n) is 15.6. The van der Waals surface area contributed by atoms with Gasteiger partial charge in [-0.15, -0.1) is 24.2 Å². The van der Waals surface area contributed by atoms with Crippen LogP contribution >= 0.6 is 24.2 Å². The minimum atomic E-state index is -0.909. The van der Waals surface area contributed by atoms with E-state index in [1.807, 2.05) is 30.3 Å². The minimum Gasteiger partial charge on any atom is -0.380 e. The fraction of sp³-hybridized carbons (Fsp3) is 0.455. The standard InChI is InChI=1S/C22H29NOS.ClH/c1-25-21-13-11-20(12-14-21)22(24,19-9-4-2-5-10-19)15-8-18-23-16-6-3-7-17-23;/h2,4-5,9-14,24H,3,6-8,15-18H2,1H3;1H. The molecule has 2 nitrogen and oxygen atoms in total. The van der Waals surface area contributed by atoms with Gasteiger partial charge in [-0.2, -0.15) is 0 Å². The van der Waals surface area contributed by atoms with Crippen molar-refractivity contribution in [3.8, 4) is 0 Å². The van der Waals surface area contributed by atoms with E-state index in [9.17, 15) is 5.11 Å². The first-order valence-electron chi connectivity index (χ1n) is 9.37. The molecule has 1 N–H and O–H groups in total. The van der Waals surface area contributed by atoms with E-state index in [0.717, 1.165) is 30.5 Å². The molecule has 1 saturated heterocycles. The maximum Gasteiger partial charge on any atom is 0.115 e. The second-order valence-electron chi connectivity index (χ2n) is 6.96. The molecule has 2 aromatic carbocycles. The summed E-state index contributed by atoms with van der Waals surface area (Å²) in [5.74, 6) is 0. The Morgan fingerprint density at radius 1 is 0.923 bits per heavy atom. The average Bonchev–Trinajstić information content (AvgIpc) is 2.69. The van der Waals surface area contributed by atoms with Crippen molar-refractivity contribution in [3.05, 3.63) is 65.7 Å². The van der Waals surface area contributed by atoms with Crippen LogP contribution in [0.2, 0.25) is 0 Å². The smallest absolute Gasteiger partial charge is 0.115 e. The number of halogens is 1. The molecule has 1 aliphatic heterocycles. The maximum absolute atomic E-state index is 11.6. The lowest BCUT2D eigenvalue weighted by atomic mass is 9.82. The third kappa shape index (κ3) is 5.26. The molecule has 3 rings (SSSR count). The molecule has 2 aromatic rings. The van der Waals surface area contributed by atoms with E-state index in [2.05, 4.69) is 35.4 Å². The van der Waals surface area contributed by atoms with Gasteiger partial charge < -0.3 is 10.0 Å². The Kier molecular flexibility index (Phi) is 8.49. The highest BCUT2D eigenvalue weighted by Gasteiger charge is 2.31. The van der Waals surface area contributed by atoms with Gasteiger partial charge in [0.1, 0.15) is 5.60 Å². The lowest BCUT2D eigenvalue weighted by molar-refractivity contribution is 0.0638. The third-order valence-corrected chi connectivity index (χ3v) is 6.02. The lowest BCUT2D eigenvalue weighted by Gasteiger charge is -2.32. The molecule has 0 aliphatic carbocycles. The normalized spacial score (nSPS) is 17.3. The first-order chi connectivity index (χ1) is 12.2. The summed E-state index contributed by atoms with van der Waals surface area (Å²) in [5.41, 5.74) is 1.08. The minimum absolute atomic E-state index is 0. The van der Waals surface area contributed by atoms with E-state index in [0.29, 0.717) is 0 Å². The van der Waals surface area contributed by atoms with E-state index in [1.165, 1.54) is 37.2 Å². The summed E-state index contributed by atoms with van der Waals surface area (Å²) in [4.78, 5) is 3.78. The molecule has 142 valence electrons. The van der Waals surface area contributed by atoms with Crippen LogP contribution in [-0.4, -0.2) is 35.9 Å². The van der Waals surface area contributed by atoms with Crippen molar-refractivity contribution in [1.82, 2.24) is 4.90 Å². The molecule has 0 saturated carbocycles. The molecule has 0 bridgehead atoms. The van der Waals surface area contributed by atoms with Crippen molar-refractivity contribution in [2.45, 2.75) is 42.6 Å². The van der Waals surface area contributed by atoms with Gasteiger partial charge in [0.05, 0.1) is 0 Å². The second kappa shape index (κ2) is 10.4.